The Kier molecular flexibility index (Phi) is 4.72. The number of nitrogens with one attached hydrogen (secondary N) is 1. The van der Waals surface area contributed by atoms with Gasteiger partial charge in [0.2, 0.25) is 0 Å². The molecule has 0 aliphatic rings. The first kappa shape index (κ1) is 17.7. The van der Waals surface area contributed by atoms with Crippen molar-refractivity contribution >= 4 is 39.2 Å². The predicted octanol–water partition coefficient (Wildman–Crippen LogP) is 4.57. The molecule has 0 saturated carbocycles. The number of rotatable bonds is 4. The minimum Gasteiger partial charge on any atom is -0.449 e. The largest absolute Gasteiger partial charge is 0.449 e. The van der Waals surface area contributed by atoms with Crippen LogP contribution < -0.4 is 5.32 Å². The van der Waals surface area contributed by atoms with E-state index in [-0.39, 0.29) is 5.91 Å². The maximum atomic E-state index is 12.5. The molecular weight excluding hydrogens is 352 g/mol. The first-order valence-corrected chi connectivity index (χ1v) is 8.96. The molecular formula is C23H18N2O3. The molecule has 1 amide bonds. The monoisotopic (exact) mass is 370 g/mol. The highest BCUT2D eigenvalue weighted by atomic mass is 16.5. The molecule has 0 bridgehead atoms. The molecule has 4 aromatic rings. The average Bonchev–Trinajstić information content (AvgIpc) is 2.73. The standard InChI is InChI=1S/C23H18N2O3/c1-15(22(26)25-21-10-4-7-16-6-2-3-9-19(16)21)28-23(27)18-11-12-20-17(14-18)8-5-13-24-20/h2-15H,1H3,(H,25,26). The molecule has 5 nitrogen and oxygen atoms in total. The molecule has 0 fully saturated rings. The van der Waals surface area contributed by atoms with Gasteiger partial charge in [0.15, 0.2) is 6.10 Å². The van der Waals surface area contributed by atoms with Gasteiger partial charge >= 0.3 is 5.97 Å². The third-order valence-electron chi connectivity index (χ3n) is 4.54. The van der Waals surface area contributed by atoms with E-state index in [1.54, 1.807) is 37.4 Å². The lowest BCUT2D eigenvalue weighted by atomic mass is 10.1. The van der Waals surface area contributed by atoms with E-state index in [2.05, 4.69) is 10.3 Å². The van der Waals surface area contributed by atoms with E-state index in [0.717, 1.165) is 21.7 Å². The van der Waals surface area contributed by atoms with Crippen LogP contribution >= 0.6 is 0 Å². The Morgan fingerprint density at radius 3 is 2.61 bits per heavy atom. The zero-order chi connectivity index (χ0) is 19.5. The van der Waals surface area contributed by atoms with Gasteiger partial charge in [-0.2, -0.15) is 0 Å². The van der Waals surface area contributed by atoms with Crippen LogP contribution in [0.15, 0.2) is 79.0 Å². The van der Waals surface area contributed by atoms with Crippen molar-refractivity contribution in [2.45, 2.75) is 13.0 Å². The topological polar surface area (TPSA) is 68.3 Å². The quantitative estimate of drug-likeness (QED) is 0.534. The maximum absolute atomic E-state index is 12.5. The molecule has 1 N–H and O–H groups in total. The minimum atomic E-state index is -0.934. The van der Waals surface area contributed by atoms with E-state index >= 15 is 0 Å². The highest BCUT2D eigenvalue weighted by Gasteiger charge is 2.20. The van der Waals surface area contributed by atoms with E-state index < -0.39 is 12.1 Å². The number of anilines is 1. The zero-order valence-electron chi connectivity index (χ0n) is 15.3. The number of benzene rings is 3. The molecule has 1 atom stereocenters. The number of esters is 1. The number of fused-ring (bicyclic) bond motifs is 2. The number of ether oxygens (including phenoxy) is 1. The zero-order valence-corrected chi connectivity index (χ0v) is 15.3. The second kappa shape index (κ2) is 7.48. The molecule has 0 aliphatic carbocycles. The first-order chi connectivity index (χ1) is 13.6. The first-order valence-electron chi connectivity index (χ1n) is 8.96. The molecule has 0 aliphatic heterocycles. The summed E-state index contributed by atoms with van der Waals surface area (Å²) in [4.78, 5) is 29.2. The van der Waals surface area contributed by atoms with Gasteiger partial charge in [-0.25, -0.2) is 4.79 Å². The van der Waals surface area contributed by atoms with E-state index in [4.69, 9.17) is 4.74 Å². The smallest absolute Gasteiger partial charge is 0.338 e. The van der Waals surface area contributed by atoms with Crippen LogP contribution in [0.3, 0.4) is 0 Å². The fraction of sp³-hybridized carbons (Fsp3) is 0.0870. The number of pyridine rings is 1. The minimum absolute atomic E-state index is 0.380. The Hall–Kier alpha value is -3.73. The number of amides is 1. The molecule has 0 radical (unpaired) electrons. The Morgan fingerprint density at radius 2 is 1.71 bits per heavy atom. The van der Waals surface area contributed by atoms with Gasteiger partial charge in [0, 0.05) is 22.7 Å². The molecule has 138 valence electrons. The third kappa shape index (κ3) is 3.55. The molecule has 0 spiro atoms. The van der Waals surface area contributed by atoms with Gasteiger partial charge in [-0.05, 0) is 42.6 Å². The molecule has 1 unspecified atom stereocenters. The summed E-state index contributed by atoms with van der Waals surface area (Å²) >= 11 is 0. The lowest BCUT2D eigenvalue weighted by Crippen LogP contribution is -2.30. The molecule has 0 saturated heterocycles. The highest BCUT2D eigenvalue weighted by molar-refractivity contribution is 6.04. The van der Waals surface area contributed by atoms with Crippen molar-refractivity contribution in [3.05, 3.63) is 84.6 Å². The van der Waals surface area contributed by atoms with Gasteiger partial charge in [0.25, 0.3) is 5.91 Å². The summed E-state index contributed by atoms with van der Waals surface area (Å²) in [6.45, 7) is 1.56. The molecule has 1 heterocycles. The summed E-state index contributed by atoms with van der Waals surface area (Å²) < 4.78 is 5.36. The van der Waals surface area contributed by atoms with Gasteiger partial charge in [0.1, 0.15) is 0 Å². The summed E-state index contributed by atoms with van der Waals surface area (Å²) in [6, 6.07) is 22.2. The summed E-state index contributed by atoms with van der Waals surface area (Å²) in [5.41, 5.74) is 1.86. The second-order valence-corrected chi connectivity index (χ2v) is 6.47. The second-order valence-electron chi connectivity index (χ2n) is 6.47. The number of nitrogens with zero attached hydrogens (tertiary/aromatic N) is 1. The Labute approximate surface area is 162 Å². The molecule has 5 heteroatoms. The molecule has 1 aromatic heterocycles. The van der Waals surface area contributed by atoms with E-state index in [1.807, 2.05) is 48.5 Å². The van der Waals surface area contributed by atoms with Crippen LogP contribution in [0, 0.1) is 0 Å². The van der Waals surface area contributed by atoms with Crippen LogP contribution in [0.5, 0.6) is 0 Å². The van der Waals surface area contributed by atoms with Gasteiger partial charge in [0.05, 0.1) is 11.1 Å². The van der Waals surface area contributed by atoms with Crippen molar-refractivity contribution in [3.63, 3.8) is 0 Å². The van der Waals surface area contributed by atoms with Crippen LogP contribution in [0.2, 0.25) is 0 Å². The van der Waals surface area contributed by atoms with Gasteiger partial charge < -0.3 is 10.1 Å². The number of carbonyl (C=O) groups is 2. The van der Waals surface area contributed by atoms with Crippen molar-refractivity contribution in [3.8, 4) is 0 Å². The lowest BCUT2D eigenvalue weighted by molar-refractivity contribution is -0.123. The van der Waals surface area contributed by atoms with Crippen molar-refractivity contribution in [2.75, 3.05) is 5.32 Å². The van der Waals surface area contributed by atoms with Crippen LogP contribution in [0.4, 0.5) is 5.69 Å². The molecule has 28 heavy (non-hydrogen) atoms. The van der Waals surface area contributed by atoms with Crippen LogP contribution in [0.25, 0.3) is 21.7 Å². The van der Waals surface area contributed by atoms with Crippen molar-refractivity contribution in [1.82, 2.24) is 4.98 Å². The Balaban J connectivity index is 1.48. The summed E-state index contributed by atoms with van der Waals surface area (Å²) in [5, 5.41) is 5.64. The Morgan fingerprint density at radius 1 is 0.929 bits per heavy atom. The van der Waals surface area contributed by atoms with Gasteiger partial charge in [-0.1, -0.05) is 42.5 Å². The number of hydrogen-bond donors (Lipinski definition) is 1. The summed E-state index contributed by atoms with van der Waals surface area (Å²) in [5.74, 6) is -0.932. The van der Waals surface area contributed by atoms with Crippen molar-refractivity contribution in [2.24, 2.45) is 0 Å². The lowest BCUT2D eigenvalue weighted by Gasteiger charge is -2.15. The average molecular weight is 370 g/mol. The normalized spacial score (nSPS) is 11.9. The van der Waals surface area contributed by atoms with E-state index in [9.17, 15) is 9.59 Å². The SMILES string of the molecule is CC(OC(=O)c1ccc2ncccc2c1)C(=O)Nc1cccc2ccccc12. The van der Waals surface area contributed by atoms with E-state index in [1.165, 1.54) is 0 Å². The number of hydrogen-bond acceptors (Lipinski definition) is 4. The van der Waals surface area contributed by atoms with E-state index in [0.29, 0.717) is 11.3 Å². The summed E-state index contributed by atoms with van der Waals surface area (Å²) in [6.07, 6.45) is 0.760. The van der Waals surface area contributed by atoms with Crippen molar-refractivity contribution < 1.29 is 14.3 Å². The highest BCUT2D eigenvalue weighted by Crippen LogP contribution is 2.23. The van der Waals surface area contributed by atoms with Crippen LogP contribution in [-0.2, 0) is 9.53 Å². The molecule has 3 aromatic carbocycles. The van der Waals surface area contributed by atoms with Crippen LogP contribution in [-0.4, -0.2) is 23.0 Å². The van der Waals surface area contributed by atoms with Gasteiger partial charge in [-0.15, -0.1) is 0 Å². The third-order valence-corrected chi connectivity index (χ3v) is 4.54. The van der Waals surface area contributed by atoms with Crippen molar-refractivity contribution in [1.29, 1.82) is 0 Å². The Bertz CT molecular complexity index is 1180. The fourth-order valence-corrected chi connectivity index (χ4v) is 3.05. The fourth-order valence-electron chi connectivity index (χ4n) is 3.05. The van der Waals surface area contributed by atoms with Crippen LogP contribution in [0.1, 0.15) is 17.3 Å². The number of carbonyl (C=O) groups excluding carboxylic acids is 2. The molecule has 4 rings (SSSR count). The van der Waals surface area contributed by atoms with Gasteiger partial charge in [-0.3, -0.25) is 9.78 Å². The predicted molar refractivity (Wildman–Crippen MR) is 109 cm³/mol. The summed E-state index contributed by atoms with van der Waals surface area (Å²) in [7, 11) is 0. The number of aromatic nitrogens is 1. The maximum Gasteiger partial charge on any atom is 0.338 e.